The number of nitrogens with two attached hydrogens (primary N) is 1. The first-order valence-electron chi connectivity index (χ1n) is 6.60. The standard InChI is InChI=1S/C14H13N3O4/c15-7-4-5-8-9(6-7)14(21)17(13(8)20)10-2-1-3-11(18)16-12(10)19/h4-6,10H,1-3,15H2,(H,16,18,19)/t10-/m0/s1. The fraction of sp³-hybridized carbons (Fsp3) is 0.286. The van der Waals surface area contributed by atoms with Crippen LogP contribution >= 0.6 is 0 Å². The molecule has 0 radical (unpaired) electrons. The van der Waals surface area contributed by atoms with E-state index in [2.05, 4.69) is 5.32 Å². The maximum Gasteiger partial charge on any atom is 0.262 e. The van der Waals surface area contributed by atoms with E-state index in [0.29, 0.717) is 12.1 Å². The van der Waals surface area contributed by atoms with Gasteiger partial charge >= 0.3 is 0 Å². The molecule has 1 aromatic rings. The van der Waals surface area contributed by atoms with Crippen molar-refractivity contribution in [3.05, 3.63) is 29.3 Å². The third-order valence-corrected chi connectivity index (χ3v) is 3.70. The Balaban J connectivity index is 1.97. The van der Waals surface area contributed by atoms with Gasteiger partial charge in [0.15, 0.2) is 0 Å². The monoisotopic (exact) mass is 287 g/mol. The lowest BCUT2D eigenvalue weighted by molar-refractivity contribution is -0.131. The molecular formula is C14H13N3O4. The van der Waals surface area contributed by atoms with Crippen molar-refractivity contribution in [2.24, 2.45) is 0 Å². The number of benzene rings is 1. The number of imide groups is 2. The highest BCUT2D eigenvalue weighted by atomic mass is 16.2. The first-order chi connectivity index (χ1) is 9.99. The van der Waals surface area contributed by atoms with E-state index in [0.717, 1.165) is 4.90 Å². The Morgan fingerprint density at radius 3 is 2.57 bits per heavy atom. The zero-order chi connectivity index (χ0) is 15.1. The van der Waals surface area contributed by atoms with Gasteiger partial charge in [0, 0.05) is 12.1 Å². The molecule has 7 heteroatoms. The second-order valence-electron chi connectivity index (χ2n) is 5.11. The molecule has 2 aliphatic rings. The third-order valence-electron chi connectivity index (χ3n) is 3.70. The predicted molar refractivity (Wildman–Crippen MR) is 72.1 cm³/mol. The van der Waals surface area contributed by atoms with Gasteiger partial charge in [-0.1, -0.05) is 0 Å². The van der Waals surface area contributed by atoms with Crippen molar-refractivity contribution in [2.75, 3.05) is 5.73 Å². The smallest absolute Gasteiger partial charge is 0.262 e. The van der Waals surface area contributed by atoms with Crippen LogP contribution in [0, 0.1) is 0 Å². The second-order valence-corrected chi connectivity index (χ2v) is 5.11. The first kappa shape index (κ1) is 13.3. The quantitative estimate of drug-likeness (QED) is 0.560. The molecule has 2 heterocycles. The molecule has 3 N–H and O–H groups in total. The van der Waals surface area contributed by atoms with Crippen LogP contribution in [0.15, 0.2) is 18.2 Å². The van der Waals surface area contributed by atoms with Crippen molar-refractivity contribution in [3.8, 4) is 0 Å². The summed E-state index contributed by atoms with van der Waals surface area (Å²) in [6.07, 6.45) is 0.925. The van der Waals surface area contributed by atoms with Gasteiger partial charge in [-0.25, -0.2) is 0 Å². The van der Waals surface area contributed by atoms with Crippen LogP contribution in [-0.4, -0.2) is 34.6 Å². The summed E-state index contributed by atoms with van der Waals surface area (Å²) < 4.78 is 0. The van der Waals surface area contributed by atoms with Crippen molar-refractivity contribution in [1.29, 1.82) is 0 Å². The fourth-order valence-corrected chi connectivity index (χ4v) is 2.68. The largest absolute Gasteiger partial charge is 0.399 e. The molecule has 1 atom stereocenters. The highest BCUT2D eigenvalue weighted by Gasteiger charge is 2.43. The fourth-order valence-electron chi connectivity index (χ4n) is 2.68. The lowest BCUT2D eigenvalue weighted by Gasteiger charge is -2.22. The molecule has 1 saturated heterocycles. The average Bonchev–Trinajstić information content (AvgIpc) is 2.57. The lowest BCUT2D eigenvalue weighted by Crippen LogP contribution is -2.49. The van der Waals surface area contributed by atoms with Gasteiger partial charge in [-0.15, -0.1) is 0 Å². The summed E-state index contributed by atoms with van der Waals surface area (Å²) in [7, 11) is 0. The Morgan fingerprint density at radius 1 is 1.10 bits per heavy atom. The van der Waals surface area contributed by atoms with Crippen molar-refractivity contribution >= 4 is 29.3 Å². The molecule has 0 bridgehead atoms. The number of nitrogen functional groups attached to an aromatic ring is 1. The molecule has 0 aromatic heterocycles. The van der Waals surface area contributed by atoms with E-state index < -0.39 is 23.8 Å². The van der Waals surface area contributed by atoms with Crippen molar-refractivity contribution in [3.63, 3.8) is 0 Å². The van der Waals surface area contributed by atoms with Gasteiger partial charge < -0.3 is 5.73 Å². The van der Waals surface area contributed by atoms with E-state index in [1.807, 2.05) is 0 Å². The van der Waals surface area contributed by atoms with E-state index in [9.17, 15) is 19.2 Å². The summed E-state index contributed by atoms with van der Waals surface area (Å²) in [5.74, 6) is -2.07. The molecule has 1 fully saturated rings. The molecule has 21 heavy (non-hydrogen) atoms. The van der Waals surface area contributed by atoms with Crippen LogP contribution in [0.25, 0.3) is 0 Å². The number of hydrogen-bond donors (Lipinski definition) is 2. The van der Waals surface area contributed by atoms with Gasteiger partial charge in [0.05, 0.1) is 11.1 Å². The molecular weight excluding hydrogens is 274 g/mol. The van der Waals surface area contributed by atoms with Gasteiger partial charge in [0.2, 0.25) is 11.8 Å². The van der Waals surface area contributed by atoms with Crippen molar-refractivity contribution in [2.45, 2.75) is 25.3 Å². The highest BCUT2D eigenvalue weighted by Crippen LogP contribution is 2.28. The van der Waals surface area contributed by atoms with Gasteiger partial charge in [-0.05, 0) is 31.0 Å². The second kappa shape index (κ2) is 4.69. The summed E-state index contributed by atoms with van der Waals surface area (Å²) in [5, 5.41) is 2.20. The lowest BCUT2D eigenvalue weighted by atomic mass is 10.1. The van der Waals surface area contributed by atoms with Crippen LogP contribution < -0.4 is 11.1 Å². The number of nitrogens with zero attached hydrogens (tertiary/aromatic N) is 1. The van der Waals surface area contributed by atoms with E-state index >= 15 is 0 Å². The average molecular weight is 287 g/mol. The molecule has 108 valence electrons. The number of carbonyl (C=O) groups is 4. The van der Waals surface area contributed by atoms with Crippen LogP contribution in [0.1, 0.15) is 40.0 Å². The van der Waals surface area contributed by atoms with E-state index in [-0.39, 0.29) is 29.9 Å². The number of carbonyl (C=O) groups excluding carboxylic acids is 4. The molecule has 2 aliphatic heterocycles. The summed E-state index contributed by atoms with van der Waals surface area (Å²) in [6.45, 7) is 0. The third kappa shape index (κ3) is 2.06. The Hall–Kier alpha value is -2.70. The van der Waals surface area contributed by atoms with Gasteiger partial charge in [0.1, 0.15) is 6.04 Å². The van der Waals surface area contributed by atoms with Crippen LogP contribution in [0.5, 0.6) is 0 Å². The van der Waals surface area contributed by atoms with Crippen LogP contribution in [0.4, 0.5) is 5.69 Å². The summed E-state index contributed by atoms with van der Waals surface area (Å²) in [4.78, 5) is 49.0. The first-order valence-corrected chi connectivity index (χ1v) is 6.60. The summed E-state index contributed by atoms with van der Waals surface area (Å²) in [5.41, 5.74) is 6.43. The van der Waals surface area contributed by atoms with Crippen LogP contribution in [0.3, 0.4) is 0 Å². The molecule has 7 nitrogen and oxygen atoms in total. The zero-order valence-corrected chi connectivity index (χ0v) is 11.1. The number of fused-ring (bicyclic) bond motifs is 1. The Bertz CT molecular complexity index is 683. The Kier molecular flexibility index (Phi) is 2.97. The van der Waals surface area contributed by atoms with Crippen LogP contribution in [-0.2, 0) is 9.59 Å². The number of amides is 4. The molecule has 4 amide bonds. The molecule has 0 spiro atoms. The molecule has 1 aromatic carbocycles. The number of nitrogens with one attached hydrogen (secondary N) is 1. The van der Waals surface area contributed by atoms with E-state index in [1.54, 1.807) is 0 Å². The minimum atomic E-state index is -0.954. The normalized spacial score (nSPS) is 22.1. The zero-order valence-electron chi connectivity index (χ0n) is 11.1. The topological polar surface area (TPSA) is 110 Å². The Labute approximate surface area is 120 Å². The molecule has 0 unspecified atom stereocenters. The van der Waals surface area contributed by atoms with Crippen molar-refractivity contribution < 1.29 is 19.2 Å². The molecule has 0 saturated carbocycles. The number of hydrogen-bond acceptors (Lipinski definition) is 5. The number of rotatable bonds is 1. The van der Waals surface area contributed by atoms with Crippen molar-refractivity contribution in [1.82, 2.24) is 10.2 Å². The minimum Gasteiger partial charge on any atom is -0.399 e. The van der Waals surface area contributed by atoms with Gasteiger partial charge in [0.25, 0.3) is 11.8 Å². The van der Waals surface area contributed by atoms with Gasteiger partial charge in [-0.2, -0.15) is 0 Å². The Morgan fingerprint density at radius 2 is 1.81 bits per heavy atom. The minimum absolute atomic E-state index is 0.198. The summed E-state index contributed by atoms with van der Waals surface area (Å²) >= 11 is 0. The number of anilines is 1. The predicted octanol–water partition coefficient (Wildman–Crippen LogP) is 0.0601. The maximum absolute atomic E-state index is 12.4. The summed E-state index contributed by atoms with van der Waals surface area (Å²) in [6, 6.07) is 3.48. The molecule has 3 rings (SSSR count). The van der Waals surface area contributed by atoms with E-state index in [4.69, 9.17) is 5.73 Å². The van der Waals surface area contributed by atoms with Crippen LogP contribution in [0.2, 0.25) is 0 Å². The SMILES string of the molecule is Nc1ccc2c(c1)C(=O)N([C@H]1CCCC(=O)NC1=O)C2=O. The maximum atomic E-state index is 12.4. The molecule has 0 aliphatic carbocycles. The van der Waals surface area contributed by atoms with E-state index in [1.165, 1.54) is 18.2 Å². The van der Waals surface area contributed by atoms with Gasteiger partial charge in [-0.3, -0.25) is 29.4 Å². The highest BCUT2D eigenvalue weighted by molar-refractivity contribution is 6.23.